The van der Waals surface area contributed by atoms with Crippen LogP contribution in [0.15, 0.2) is 149 Å². The first kappa shape index (κ1) is 95.3. The predicted octanol–water partition coefficient (Wildman–Crippen LogP) is 6.65. The zero-order valence-electron chi connectivity index (χ0n) is 64.9. The quantitative estimate of drug-likeness (QED) is 0.00969. The average Bonchev–Trinajstić information content (AvgIpc) is 1.73. The number of benzene rings is 4. The maximum atomic E-state index is 14.4. The van der Waals surface area contributed by atoms with E-state index in [1.807, 2.05) is 67.3 Å². The minimum atomic E-state index is -4.62. The SMILES string of the molecule is CC1(C)C(/C=C/C2=C(Oc3ccc(C[C@H](NC(=O)[C@@H](CC(=O)CNC(=O)C(CCCC(=O)CC[C@H](NC(=O)NCCCC(=O)O)C(=O)O)[N+](C)(C)C)Cc4ccccc4)C(=O)O)cc3)C(=C/C=C3/N(CCCCS(=O)(=O)O)c4ccc(S(=O)(=O)O)cc4C3(C)C)/CCC2)=[N+](CCCCS(=O)(=O)[O-])c2ccccc21.O=C=O.O=S(=O)=O. The first-order valence-corrected chi connectivity index (χ1v) is 42.5. The van der Waals surface area contributed by atoms with Crippen LogP contribution >= 0.6 is 0 Å². The van der Waals surface area contributed by atoms with Gasteiger partial charge in [0.2, 0.25) is 11.6 Å². The van der Waals surface area contributed by atoms with E-state index in [1.54, 1.807) is 81.8 Å². The number of ether oxygens (including phenoxy) is 1. The van der Waals surface area contributed by atoms with Crippen LogP contribution in [0.3, 0.4) is 0 Å². The number of rotatable bonds is 42. The number of carboxylic acids is 3. The van der Waals surface area contributed by atoms with Gasteiger partial charge in [0.25, 0.3) is 26.1 Å². The second-order valence-corrected chi connectivity index (χ2v) is 34.7. The van der Waals surface area contributed by atoms with Crippen molar-refractivity contribution in [2.75, 3.05) is 63.7 Å². The molecule has 1 unspecified atom stereocenters. The second kappa shape index (κ2) is 43.5. The van der Waals surface area contributed by atoms with E-state index in [9.17, 15) is 87.5 Å². The fourth-order valence-corrected chi connectivity index (χ4v) is 15.4. The molecule has 9 N–H and O–H groups in total. The molecule has 37 heteroatoms. The maximum Gasteiger partial charge on any atom is 0.425 e. The highest BCUT2D eigenvalue weighted by atomic mass is 32.2. The number of likely N-dealkylation sites (N-methyl/N-ethyl adjacent to an activating group) is 1. The van der Waals surface area contributed by atoms with Crippen LogP contribution in [0, 0.1) is 5.92 Å². The van der Waals surface area contributed by atoms with Crippen LogP contribution in [-0.4, -0.2) is 212 Å². The Morgan fingerprint density at radius 2 is 1.30 bits per heavy atom. The van der Waals surface area contributed by atoms with Gasteiger partial charge >= 0.3 is 40.7 Å². The Morgan fingerprint density at radius 1 is 0.670 bits per heavy atom. The van der Waals surface area contributed by atoms with Crippen LogP contribution < -0.4 is 30.9 Å². The number of Topliss-reactive ketones (excluding diaryl/α,β-unsaturated/α-hetero) is 2. The first-order chi connectivity index (χ1) is 53.8. The number of para-hydroxylation sites is 1. The van der Waals surface area contributed by atoms with Crippen molar-refractivity contribution in [3.8, 4) is 5.75 Å². The fourth-order valence-electron chi connectivity index (χ4n) is 13.8. The van der Waals surface area contributed by atoms with Crippen molar-refractivity contribution in [2.24, 2.45) is 5.92 Å². The van der Waals surface area contributed by atoms with Crippen LogP contribution in [0.2, 0.25) is 0 Å². The largest absolute Gasteiger partial charge is 0.748 e. The number of carboxylic acid groups (broad SMARTS) is 3. The van der Waals surface area contributed by atoms with E-state index in [4.69, 9.17) is 32.1 Å². The smallest absolute Gasteiger partial charge is 0.425 e. The highest BCUT2D eigenvalue weighted by molar-refractivity contribution is 7.86. The summed E-state index contributed by atoms with van der Waals surface area (Å²) < 4.78 is 138. The van der Waals surface area contributed by atoms with Crippen molar-refractivity contribution < 1.29 is 129 Å². The molecule has 0 saturated heterocycles. The van der Waals surface area contributed by atoms with Crippen LogP contribution in [0.25, 0.3) is 0 Å². The Balaban J connectivity index is 0.00000324. The van der Waals surface area contributed by atoms with Crippen LogP contribution in [0.5, 0.6) is 5.75 Å². The lowest BCUT2D eigenvalue weighted by Crippen LogP contribution is -2.54. The van der Waals surface area contributed by atoms with Gasteiger partial charge in [0.05, 0.1) is 53.9 Å². The summed E-state index contributed by atoms with van der Waals surface area (Å²) in [7, 11) is -11.2. The van der Waals surface area contributed by atoms with Gasteiger partial charge < -0.3 is 55.3 Å². The number of hydrogen-bond acceptors (Lipinski definition) is 22. The molecule has 4 aromatic rings. The van der Waals surface area contributed by atoms with Gasteiger partial charge in [-0.1, -0.05) is 80.6 Å². The molecule has 4 amide bonds. The molecule has 0 spiro atoms. The number of carbonyl (C=O) groups excluding carboxylic acids is 7. The van der Waals surface area contributed by atoms with Gasteiger partial charge in [0.15, 0.2) is 17.5 Å². The molecular weight excluding hydrogens is 1580 g/mol. The summed E-state index contributed by atoms with van der Waals surface area (Å²) in [6.07, 6.45) is 10.1. The molecule has 626 valence electrons. The Morgan fingerprint density at radius 3 is 1.90 bits per heavy atom. The molecule has 0 radical (unpaired) electrons. The molecule has 0 aromatic heterocycles. The predicted molar refractivity (Wildman–Crippen MR) is 418 cm³/mol. The summed E-state index contributed by atoms with van der Waals surface area (Å²) in [5, 5.41) is 39.1. The van der Waals surface area contributed by atoms with E-state index in [2.05, 4.69) is 39.7 Å². The lowest BCUT2D eigenvalue weighted by atomic mass is 9.81. The van der Waals surface area contributed by atoms with E-state index < -0.39 is 135 Å². The number of nitrogens with one attached hydrogen (secondary N) is 4. The molecule has 1 aliphatic carbocycles. The molecule has 2 heterocycles. The van der Waals surface area contributed by atoms with Crippen LogP contribution in [0.4, 0.5) is 16.2 Å². The molecule has 7 rings (SSSR count). The number of aliphatic carboxylic acids is 3. The third-order valence-electron chi connectivity index (χ3n) is 19.5. The summed E-state index contributed by atoms with van der Waals surface area (Å²) >= 11 is 0. The Kier molecular flexibility index (Phi) is 36.0. The molecule has 4 aromatic carbocycles. The molecule has 0 saturated carbocycles. The van der Waals surface area contributed by atoms with Gasteiger partial charge in [-0.05, 0) is 148 Å². The van der Waals surface area contributed by atoms with Crippen molar-refractivity contribution in [1.29, 1.82) is 0 Å². The third kappa shape index (κ3) is 30.8. The van der Waals surface area contributed by atoms with Gasteiger partial charge in [0.1, 0.15) is 35.9 Å². The monoisotopic (exact) mass is 1680 g/mol. The molecule has 115 heavy (non-hydrogen) atoms. The van der Waals surface area contributed by atoms with Crippen LogP contribution in [0.1, 0.15) is 146 Å². The number of allylic oxidation sites excluding steroid dienone is 7. The molecule has 33 nitrogen and oxygen atoms in total. The molecule has 3 aliphatic rings. The van der Waals surface area contributed by atoms with E-state index in [0.717, 1.165) is 28.1 Å². The third-order valence-corrected chi connectivity index (χ3v) is 22.0. The number of nitrogens with zero attached hydrogens (tertiary/aromatic N) is 3. The number of anilines is 1. The number of carbonyl (C=O) groups is 8. The lowest BCUT2D eigenvalue weighted by molar-refractivity contribution is -0.886. The summed E-state index contributed by atoms with van der Waals surface area (Å²) in [5.74, 6) is -7.09. The molecule has 0 bridgehead atoms. The van der Waals surface area contributed by atoms with E-state index in [1.165, 1.54) is 12.1 Å². The zero-order chi connectivity index (χ0) is 85.8. The summed E-state index contributed by atoms with van der Waals surface area (Å²) in [6.45, 7) is 8.16. The number of fused-ring (bicyclic) bond motifs is 2. The van der Waals surface area contributed by atoms with Gasteiger partial charge in [-0.2, -0.15) is 31.0 Å². The molecular formula is C78H100N7O26S4+. The van der Waals surface area contributed by atoms with E-state index in [0.29, 0.717) is 78.2 Å². The van der Waals surface area contributed by atoms with Gasteiger partial charge in [-0.15, -0.1) is 12.6 Å². The maximum absolute atomic E-state index is 14.4. The standard InChI is InChI=1S/C77H99N7O21S3.CO2.O3S/c1-76(2)60-25-11-12-26-64(60)82(42-13-15-44-106(96,97)98)67(76)39-31-53-22-17-23-54(32-40-68-77(3,4)61-49-59(108(102,103)104)36-38-65(61)83(68)43-14-16-45-107(99,100)101)70(53)105-58-34-29-52(30-35-58)47-63(74(93)94)80-71(89)55(46-51-20-9-8-10-21-51)48-57(86)50-79-72(90)66(84(5,6)7)27-18-24-56(85)33-37-62(73(91)92)81-75(95)78-41-19-28-69(87)88;2-1-3;1-4(2)3/h8-12,20-21,25-26,29-32,34-36,38-40,49,55,62-63,66H,13-19,22-24,27-28,33,37,41-48,50H2,1-7H3,(H8-2,78,79,80,81,87,88,89,90,91,92,93,94,95,96,97,98,99,100,101,102,103,104);;/p+1/t55-,62+,63+,66?;;/m1../s1. The van der Waals surface area contributed by atoms with Crippen molar-refractivity contribution >= 4 is 112 Å². The first-order valence-electron chi connectivity index (χ1n) is 36.8. The Labute approximate surface area is 670 Å². The number of hydrogen-bond donors (Lipinski definition) is 9. The summed E-state index contributed by atoms with van der Waals surface area (Å²) in [6, 6.07) is 23.2. The highest BCUT2D eigenvalue weighted by Gasteiger charge is 2.45. The number of amides is 4. The molecule has 2 aliphatic heterocycles. The van der Waals surface area contributed by atoms with Gasteiger partial charge in [-0.25, -0.2) is 22.8 Å². The number of quaternary nitrogens is 1. The van der Waals surface area contributed by atoms with Gasteiger partial charge in [-0.3, -0.25) is 33.1 Å². The lowest BCUT2D eigenvalue weighted by Gasteiger charge is -2.33. The zero-order valence-corrected chi connectivity index (χ0v) is 68.2. The van der Waals surface area contributed by atoms with E-state index >= 15 is 0 Å². The average molecular weight is 1680 g/mol. The fraction of sp³-hybridized carbons (Fsp3) is 0.462. The normalized spacial score (nSPS) is 16.1. The Bertz CT molecular complexity index is 4870. The Hall–Kier alpha value is -10.2. The number of ketones is 2. The van der Waals surface area contributed by atoms with Crippen LogP contribution in [-0.2, 0) is 108 Å². The second-order valence-electron chi connectivity index (χ2n) is 29.7. The van der Waals surface area contributed by atoms with Crippen molar-refractivity contribution in [1.82, 2.24) is 21.3 Å². The number of unbranched alkanes of at least 4 members (excludes halogenated alkanes) is 2. The highest BCUT2D eigenvalue weighted by Crippen LogP contribution is 2.49. The van der Waals surface area contributed by atoms with Crippen molar-refractivity contribution in [2.45, 2.75) is 171 Å². The summed E-state index contributed by atoms with van der Waals surface area (Å²) in [4.78, 5) is 121. The minimum Gasteiger partial charge on any atom is -0.748 e. The van der Waals surface area contributed by atoms with E-state index in [-0.39, 0.29) is 111 Å². The molecule has 0 fully saturated rings. The number of urea groups is 1. The van der Waals surface area contributed by atoms with Crippen molar-refractivity contribution in [3.63, 3.8) is 0 Å². The minimum absolute atomic E-state index is 0.00478. The topological polar surface area (TPSA) is 512 Å². The summed E-state index contributed by atoms with van der Waals surface area (Å²) in [5.41, 5.74) is 6.03. The van der Waals surface area contributed by atoms with Gasteiger partial charge in [0, 0.05) is 104 Å². The molecule has 4 atom stereocenters. The van der Waals surface area contributed by atoms with Crippen molar-refractivity contribution in [3.05, 3.63) is 166 Å².